The Morgan fingerprint density at radius 1 is 1.07 bits per heavy atom. The quantitative estimate of drug-likeness (QED) is 0.611. The van der Waals surface area contributed by atoms with Crippen LogP contribution in [-0.2, 0) is 16.1 Å². The molecule has 1 heterocycles. The summed E-state index contributed by atoms with van der Waals surface area (Å²) in [6.07, 6.45) is 0. The van der Waals surface area contributed by atoms with Gasteiger partial charge in [-0.2, -0.15) is 0 Å². The predicted octanol–water partition coefficient (Wildman–Crippen LogP) is 4.15. The first-order valence-electron chi connectivity index (χ1n) is 9.49. The molecule has 0 fully saturated rings. The highest BCUT2D eigenvalue weighted by Gasteiger charge is 2.26. The van der Waals surface area contributed by atoms with E-state index in [0.29, 0.717) is 17.0 Å². The molecule has 3 rings (SSSR count). The van der Waals surface area contributed by atoms with Crippen molar-refractivity contribution in [2.24, 2.45) is 5.92 Å². The number of aromatic nitrogens is 1. The summed E-state index contributed by atoms with van der Waals surface area (Å²) in [5.74, 6) is -0.347. The molecule has 0 saturated heterocycles. The van der Waals surface area contributed by atoms with Gasteiger partial charge in [0.25, 0.3) is 5.91 Å². The van der Waals surface area contributed by atoms with Crippen LogP contribution >= 0.6 is 0 Å². The molecule has 29 heavy (non-hydrogen) atoms. The maximum atomic E-state index is 12.6. The number of amides is 1. The highest BCUT2D eigenvalue weighted by atomic mass is 16.5. The van der Waals surface area contributed by atoms with Gasteiger partial charge in [-0.25, -0.2) is 4.79 Å². The number of carbonyl (C=O) groups excluding carboxylic acids is 2. The maximum Gasteiger partial charge on any atom is 0.329 e. The first-order valence-corrected chi connectivity index (χ1v) is 9.49. The van der Waals surface area contributed by atoms with E-state index in [1.807, 2.05) is 63.2 Å². The second-order valence-corrected chi connectivity index (χ2v) is 7.22. The molecule has 1 aromatic heterocycles. The van der Waals surface area contributed by atoms with Crippen molar-refractivity contribution in [1.82, 2.24) is 10.5 Å². The van der Waals surface area contributed by atoms with Crippen LogP contribution in [0.3, 0.4) is 0 Å². The smallest absolute Gasteiger partial charge is 0.329 e. The van der Waals surface area contributed by atoms with Gasteiger partial charge in [-0.05, 0) is 25.0 Å². The highest BCUT2D eigenvalue weighted by Crippen LogP contribution is 2.20. The Balaban J connectivity index is 1.61. The Morgan fingerprint density at radius 3 is 2.52 bits per heavy atom. The van der Waals surface area contributed by atoms with Crippen LogP contribution in [0.1, 0.15) is 35.5 Å². The number of benzene rings is 2. The van der Waals surface area contributed by atoms with E-state index in [2.05, 4.69) is 10.5 Å². The molecule has 3 aromatic rings. The lowest BCUT2D eigenvalue weighted by Crippen LogP contribution is -2.45. The topological polar surface area (TPSA) is 81.4 Å². The van der Waals surface area contributed by atoms with Crippen LogP contribution in [0.5, 0.6) is 0 Å². The third kappa shape index (κ3) is 5.31. The molecule has 0 bridgehead atoms. The first kappa shape index (κ1) is 20.3. The molecule has 150 valence electrons. The van der Waals surface area contributed by atoms with Gasteiger partial charge in [-0.1, -0.05) is 67.0 Å². The van der Waals surface area contributed by atoms with Gasteiger partial charge in [-0.15, -0.1) is 0 Å². The molecule has 0 aliphatic carbocycles. The molecular formula is C23H24N2O4. The van der Waals surface area contributed by atoms with Gasteiger partial charge in [0, 0.05) is 17.2 Å². The second kappa shape index (κ2) is 9.19. The molecule has 0 spiro atoms. The zero-order chi connectivity index (χ0) is 20.8. The Morgan fingerprint density at radius 2 is 1.83 bits per heavy atom. The van der Waals surface area contributed by atoms with Crippen LogP contribution in [0, 0.1) is 12.8 Å². The average Bonchev–Trinajstić information content (AvgIpc) is 3.19. The second-order valence-electron chi connectivity index (χ2n) is 7.22. The van der Waals surface area contributed by atoms with Crippen LogP contribution in [0.2, 0.25) is 0 Å². The van der Waals surface area contributed by atoms with E-state index >= 15 is 0 Å². The Hall–Kier alpha value is -3.41. The van der Waals surface area contributed by atoms with E-state index in [0.717, 1.165) is 11.1 Å². The summed E-state index contributed by atoms with van der Waals surface area (Å²) < 4.78 is 10.7. The largest absolute Gasteiger partial charge is 0.458 e. The molecule has 1 N–H and O–H groups in total. The van der Waals surface area contributed by atoms with Crippen molar-refractivity contribution >= 4 is 11.9 Å². The fraction of sp³-hybridized carbons (Fsp3) is 0.261. The number of aryl methyl sites for hydroxylation is 1. The lowest BCUT2D eigenvalue weighted by atomic mass is 10.0. The number of nitrogens with one attached hydrogen (secondary N) is 1. The zero-order valence-corrected chi connectivity index (χ0v) is 16.7. The molecule has 1 atom stereocenters. The average molecular weight is 392 g/mol. The molecule has 6 heteroatoms. The van der Waals surface area contributed by atoms with Crippen molar-refractivity contribution in [2.45, 2.75) is 33.4 Å². The van der Waals surface area contributed by atoms with Crippen molar-refractivity contribution in [2.75, 3.05) is 0 Å². The number of carbonyl (C=O) groups is 2. The molecule has 6 nitrogen and oxygen atoms in total. The van der Waals surface area contributed by atoms with E-state index in [9.17, 15) is 9.59 Å². The van der Waals surface area contributed by atoms with E-state index in [-0.39, 0.29) is 18.4 Å². The molecule has 1 amide bonds. The number of nitrogens with zero attached hydrogens (tertiary/aromatic N) is 1. The molecular weight excluding hydrogens is 368 g/mol. The van der Waals surface area contributed by atoms with Crippen LogP contribution in [0.25, 0.3) is 11.3 Å². The minimum absolute atomic E-state index is 0.0291. The van der Waals surface area contributed by atoms with Crippen LogP contribution < -0.4 is 5.32 Å². The van der Waals surface area contributed by atoms with Gasteiger partial charge in [-0.3, -0.25) is 4.79 Å². The first-order chi connectivity index (χ1) is 13.9. The van der Waals surface area contributed by atoms with Gasteiger partial charge in [0.1, 0.15) is 18.3 Å². The Kier molecular flexibility index (Phi) is 6.44. The minimum Gasteiger partial charge on any atom is -0.458 e. The fourth-order valence-electron chi connectivity index (χ4n) is 2.86. The van der Waals surface area contributed by atoms with Crippen LogP contribution in [0.4, 0.5) is 0 Å². The monoisotopic (exact) mass is 392 g/mol. The maximum absolute atomic E-state index is 12.6. The summed E-state index contributed by atoms with van der Waals surface area (Å²) in [6.45, 7) is 5.59. The standard InChI is InChI=1S/C23H24N2O4/c1-15(2)21(24-22(26)18-11-7-8-16(3)12-18)23(27)28-14-19-13-20(29-25-19)17-9-5-4-6-10-17/h4-13,15,21H,14H2,1-3H3,(H,24,26)/t21-/m0/s1. The van der Waals surface area contributed by atoms with E-state index < -0.39 is 12.0 Å². The lowest BCUT2D eigenvalue weighted by molar-refractivity contribution is -0.148. The molecule has 2 aromatic carbocycles. The van der Waals surface area contributed by atoms with Gasteiger partial charge in [0.2, 0.25) is 0 Å². The molecule has 0 aliphatic rings. The zero-order valence-electron chi connectivity index (χ0n) is 16.7. The van der Waals surface area contributed by atoms with Crippen molar-refractivity contribution in [3.05, 3.63) is 77.5 Å². The van der Waals surface area contributed by atoms with Crippen molar-refractivity contribution in [1.29, 1.82) is 0 Å². The minimum atomic E-state index is -0.761. The van der Waals surface area contributed by atoms with E-state index in [4.69, 9.17) is 9.26 Å². The molecule has 0 unspecified atom stereocenters. The van der Waals surface area contributed by atoms with Gasteiger partial charge in [0.15, 0.2) is 5.76 Å². The number of ether oxygens (including phenoxy) is 1. The third-order valence-electron chi connectivity index (χ3n) is 4.47. The van der Waals surface area contributed by atoms with Crippen molar-refractivity contribution < 1.29 is 18.8 Å². The lowest BCUT2D eigenvalue weighted by Gasteiger charge is -2.20. The summed E-state index contributed by atoms with van der Waals surface area (Å²) >= 11 is 0. The summed E-state index contributed by atoms with van der Waals surface area (Å²) in [5.41, 5.74) is 2.88. The van der Waals surface area contributed by atoms with Crippen molar-refractivity contribution in [3.8, 4) is 11.3 Å². The highest BCUT2D eigenvalue weighted by molar-refractivity contribution is 5.97. The summed E-state index contributed by atoms with van der Waals surface area (Å²) in [4.78, 5) is 25.1. The fourth-order valence-corrected chi connectivity index (χ4v) is 2.86. The summed E-state index contributed by atoms with van der Waals surface area (Å²) in [7, 11) is 0. The Labute approximate surface area is 169 Å². The van der Waals surface area contributed by atoms with Gasteiger partial charge < -0.3 is 14.6 Å². The number of hydrogen-bond donors (Lipinski definition) is 1. The normalized spacial score (nSPS) is 11.9. The van der Waals surface area contributed by atoms with Crippen LogP contribution in [-0.4, -0.2) is 23.1 Å². The van der Waals surface area contributed by atoms with Gasteiger partial charge >= 0.3 is 5.97 Å². The molecule has 0 aliphatic heterocycles. The number of esters is 1. The molecule has 0 saturated carbocycles. The summed E-state index contributed by atoms with van der Waals surface area (Å²) in [6, 6.07) is 17.7. The molecule has 0 radical (unpaired) electrons. The third-order valence-corrected chi connectivity index (χ3v) is 4.47. The van der Waals surface area contributed by atoms with Gasteiger partial charge in [0.05, 0.1) is 0 Å². The SMILES string of the molecule is Cc1cccc(C(=O)N[C@H](C(=O)OCc2cc(-c3ccccc3)on2)C(C)C)c1. The van der Waals surface area contributed by atoms with E-state index in [1.165, 1.54) is 0 Å². The summed E-state index contributed by atoms with van der Waals surface area (Å²) in [5, 5.41) is 6.72. The predicted molar refractivity (Wildman–Crippen MR) is 109 cm³/mol. The Bertz CT molecular complexity index is 979. The van der Waals surface area contributed by atoms with Crippen molar-refractivity contribution in [3.63, 3.8) is 0 Å². The number of hydrogen-bond acceptors (Lipinski definition) is 5. The van der Waals surface area contributed by atoms with E-state index in [1.54, 1.807) is 18.2 Å². The van der Waals surface area contributed by atoms with Crippen LogP contribution in [0.15, 0.2) is 65.2 Å². The number of rotatable bonds is 7.